The van der Waals surface area contributed by atoms with Crippen LogP contribution in [0.2, 0.25) is 0 Å². The minimum Gasteiger partial charge on any atom is -0.390 e. The number of pyridine rings is 1. The molecule has 1 aromatic heterocycles. The average molecular weight is 374 g/mol. The summed E-state index contributed by atoms with van der Waals surface area (Å²) in [6.07, 6.45) is 0.420. The number of nitrogens with one attached hydrogen (secondary N) is 1. The third kappa shape index (κ3) is 5.30. The molecule has 2 N–H and O–H groups in total. The Bertz CT molecular complexity index is 746. The van der Waals surface area contributed by atoms with E-state index in [-0.39, 0.29) is 25.9 Å². The molecule has 1 atom stereocenters. The van der Waals surface area contributed by atoms with E-state index in [1.165, 1.54) is 11.1 Å². The zero-order chi connectivity index (χ0) is 17.8. The molecule has 0 bridgehead atoms. The average Bonchev–Trinajstić information content (AvgIpc) is 2.58. The first-order valence-corrected chi connectivity index (χ1v) is 8.72. The van der Waals surface area contributed by atoms with Gasteiger partial charge in [-0.2, -0.15) is 13.5 Å². The number of carbonyl (C=O) groups is 1. The van der Waals surface area contributed by atoms with Gasteiger partial charge in [0, 0.05) is 43.1 Å². The lowest BCUT2D eigenvalue weighted by molar-refractivity contribution is 0.0841. The molecule has 1 aliphatic rings. The van der Waals surface area contributed by atoms with Crippen LogP contribution in [0.4, 0.5) is 0 Å². The lowest BCUT2D eigenvalue weighted by Crippen LogP contribution is -2.42. The van der Waals surface area contributed by atoms with E-state index < -0.39 is 6.10 Å². The molecule has 2 heterocycles. The molecule has 1 amide bonds. The Hall–Kier alpha value is -1.89. The number of benzene rings is 1. The van der Waals surface area contributed by atoms with Crippen molar-refractivity contribution in [3.05, 3.63) is 64.5 Å². The molecular weight excluding hydrogens is 346 g/mol. The van der Waals surface area contributed by atoms with E-state index in [0.717, 1.165) is 30.9 Å². The lowest BCUT2D eigenvalue weighted by Gasteiger charge is -2.30. The number of rotatable bonds is 5. The Balaban J connectivity index is 0.00000243. The third-order valence-electron chi connectivity index (χ3n) is 4.52. The maximum atomic E-state index is 12.2. The van der Waals surface area contributed by atoms with Crippen LogP contribution in [0, 0.1) is 13.8 Å². The standard InChI is InChI=1S/C20H25N3O2.H2S/c1-14-9-18(10-15(2)22-14)20(25)21-11-19(24)13-23-8-7-16-5-3-4-6-17(16)12-23;/h3-6,9-10,19,24H,7-8,11-13H2,1-2H3,(H,21,25);1H2/t19-;/m0./s1. The monoisotopic (exact) mass is 373 g/mol. The first-order valence-electron chi connectivity index (χ1n) is 8.72. The Morgan fingerprint density at radius 3 is 2.58 bits per heavy atom. The van der Waals surface area contributed by atoms with Gasteiger partial charge in [-0.25, -0.2) is 0 Å². The number of carbonyl (C=O) groups excluding carboxylic acids is 1. The third-order valence-corrected chi connectivity index (χ3v) is 4.52. The maximum absolute atomic E-state index is 12.2. The molecule has 5 nitrogen and oxygen atoms in total. The van der Waals surface area contributed by atoms with Crippen molar-refractivity contribution in [2.75, 3.05) is 19.6 Å². The molecule has 0 aliphatic carbocycles. The topological polar surface area (TPSA) is 65.5 Å². The van der Waals surface area contributed by atoms with Gasteiger partial charge in [0.1, 0.15) is 0 Å². The summed E-state index contributed by atoms with van der Waals surface area (Å²) in [7, 11) is 0. The van der Waals surface area contributed by atoms with Gasteiger partial charge in [-0.05, 0) is 43.5 Å². The number of fused-ring (bicyclic) bond motifs is 1. The quantitative estimate of drug-likeness (QED) is 0.841. The fourth-order valence-corrected chi connectivity index (χ4v) is 3.35. The largest absolute Gasteiger partial charge is 0.390 e. The minimum atomic E-state index is -0.585. The summed E-state index contributed by atoms with van der Waals surface area (Å²) in [5.74, 6) is -0.170. The summed E-state index contributed by atoms with van der Waals surface area (Å²) in [6.45, 7) is 6.33. The molecule has 0 unspecified atom stereocenters. The van der Waals surface area contributed by atoms with Gasteiger partial charge in [0.05, 0.1) is 6.10 Å². The Morgan fingerprint density at radius 2 is 1.88 bits per heavy atom. The number of hydrogen-bond donors (Lipinski definition) is 2. The van der Waals surface area contributed by atoms with Crippen molar-refractivity contribution in [1.82, 2.24) is 15.2 Å². The van der Waals surface area contributed by atoms with E-state index in [1.807, 2.05) is 13.8 Å². The number of β-amino-alcohol motifs (C(OH)–C–C–N with tert-alkyl or cyclic N) is 1. The van der Waals surface area contributed by atoms with Crippen LogP contribution in [0.1, 0.15) is 32.9 Å². The first-order chi connectivity index (χ1) is 12.0. The second-order valence-corrected chi connectivity index (χ2v) is 6.76. The van der Waals surface area contributed by atoms with Crippen molar-refractivity contribution in [3.63, 3.8) is 0 Å². The Morgan fingerprint density at radius 1 is 1.23 bits per heavy atom. The summed E-state index contributed by atoms with van der Waals surface area (Å²) < 4.78 is 0. The Kier molecular flexibility index (Phi) is 7.20. The van der Waals surface area contributed by atoms with E-state index >= 15 is 0 Å². The maximum Gasteiger partial charge on any atom is 0.251 e. The van der Waals surface area contributed by atoms with Gasteiger partial charge in [0.25, 0.3) is 5.91 Å². The van der Waals surface area contributed by atoms with Gasteiger partial charge in [-0.1, -0.05) is 24.3 Å². The molecule has 1 aliphatic heterocycles. The van der Waals surface area contributed by atoms with Gasteiger partial charge >= 0.3 is 0 Å². The number of aliphatic hydroxyl groups excluding tert-OH is 1. The van der Waals surface area contributed by atoms with E-state index in [2.05, 4.69) is 39.5 Å². The van der Waals surface area contributed by atoms with Crippen LogP contribution in [-0.2, 0) is 13.0 Å². The molecule has 3 rings (SSSR count). The molecule has 0 saturated heterocycles. The highest BCUT2D eigenvalue weighted by Crippen LogP contribution is 2.18. The van der Waals surface area contributed by atoms with Crippen molar-refractivity contribution >= 4 is 19.4 Å². The number of hydrogen-bond acceptors (Lipinski definition) is 4. The summed E-state index contributed by atoms with van der Waals surface area (Å²) in [5, 5.41) is 13.1. The predicted molar refractivity (Wildman–Crippen MR) is 108 cm³/mol. The van der Waals surface area contributed by atoms with Crippen LogP contribution in [0.25, 0.3) is 0 Å². The van der Waals surface area contributed by atoms with Crippen molar-refractivity contribution in [3.8, 4) is 0 Å². The normalized spacial score (nSPS) is 14.9. The van der Waals surface area contributed by atoms with Crippen LogP contribution < -0.4 is 5.32 Å². The van der Waals surface area contributed by atoms with E-state index in [4.69, 9.17) is 0 Å². The smallest absolute Gasteiger partial charge is 0.251 e. The van der Waals surface area contributed by atoms with Crippen LogP contribution in [0.15, 0.2) is 36.4 Å². The van der Waals surface area contributed by atoms with Gasteiger partial charge in [-0.3, -0.25) is 14.7 Å². The van der Waals surface area contributed by atoms with Crippen molar-refractivity contribution in [2.24, 2.45) is 0 Å². The molecule has 0 radical (unpaired) electrons. The van der Waals surface area contributed by atoms with Crippen LogP contribution >= 0.6 is 13.5 Å². The van der Waals surface area contributed by atoms with Crippen molar-refractivity contribution < 1.29 is 9.90 Å². The second kappa shape index (κ2) is 9.16. The Labute approximate surface area is 161 Å². The fourth-order valence-electron chi connectivity index (χ4n) is 3.35. The lowest BCUT2D eigenvalue weighted by atomic mass is 10.00. The van der Waals surface area contributed by atoms with E-state index in [0.29, 0.717) is 12.1 Å². The molecular formula is C20H27N3O2S. The van der Waals surface area contributed by atoms with Crippen LogP contribution in [0.3, 0.4) is 0 Å². The van der Waals surface area contributed by atoms with Crippen LogP contribution in [0.5, 0.6) is 0 Å². The van der Waals surface area contributed by atoms with Crippen LogP contribution in [-0.4, -0.2) is 46.6 Å². The number of amides is 1. The zero-order valence-electron chi connectivity index (χ0n) is 15.3. The number of aromatic nitrogens is 1. The molecule has 0 spiro atoms. The summed E-state index contributed by atoms with van der Waals surface area (Å²) in [6, 6.07) is 12.0. The SMILES string of the molecule is Cc1cc(C(=O)NC[C@H](O)CN2CCc3ccccc3C2)cc(C)n1.S. The molecule has 140 valence electrons. The highest BCUT2D eigenvalue weighted by molar-refractivity contribution is 7.59. The van der Waals surface area contributed by atoms with E-state index in [1.54, 1.807) is 12.1 Å². The molecule has 6 heteroatoms. The number of nitrogens with zero attached hydrogens (tertiary/aromatic N) is 2. The predicted octanol–water partition coefficient (Wildman–Crippen LogP) is 1.96. The summed E-state index contributed by atoms with van der Waals surface area (Å²) >= 11 is 0. The first kappa shape index (κ1) is 20.4. The molecule has 1 aromatic carbocycles. The summed E-state index contributed by atoms with van der Waals surface area (Å²) in [4.78, 5) is 18.8. The fraction of sp³-hybridized carbons (Fsp3) is 0.400. The van der Waals surface area contributed by atoms with Crippen molar-refractivity contribution in [1.29, 1.82) is 0 Å². The second-order valence-electron chi connectivity index (χ2n) is 6.76. The molecule has 0 saturated carbocycles. The van der Waals surface area contributed by atoms with Gasteiger partial charge in [0.2, 0.25) is 0 Å². The van der Waals surface area contributed by atoms with Crippen molar-refractivity contribution in [2.45, 2.75) is 32.9 Å². The molecule has 2 aromatic rings. The molecule has 0 fully saturated rings. The van der Waals surface area contributed by atoms with Gasteiger partial charge < -0.3 is 10.4 Å². The van der Waals surface area contributed by atoms with Gasteiger partial charge in [0.15, 0.2) is 0 Å². The minimum absolute atomic E-state index is 0. The highest BCUT2D eigenvalue weighted by atomic mass is 32.1. The van der Waals surface area contributed by atoms with Gasteiger partial charge in [-0.15, -0.1) is 0 Å². The highest BCUT2D eigenvalue weighted by Gasteiger charge is 2.19. The molecule has 26 heavy (non-hydrogen) atoms. The number of aliphatic hydroxyl groups is 1. The number of aryl methyl sites for hydroxylation is 2. The summed E-state index contributed by atoms with van der Waals surface area (Å²) in [5.41, 5.74) is 4.94. The van der Waals surface area contributed by atoms with E-state index in [9.17, 15) is 9.90 Å². The zero-order valence-corrected chi connectivity index (χ0v) is 16.3.